The molecule has 1 aliphatic heterocycles. The van der Waals surface area contributed by atoms with E-state index in [1.54, 1.807) is 6.07 Å². The molecule has 1 saturated heterocycles. The van der Waals surface area contributed by atoms with Gasteiger partial charge in [0.05, 0.1) is 0 Å². The van der Waals surface area contributed by atoms with E-state index < -0.39 is 0 Å². The summed E-state index contributed by atoms with van der Waals surface area (Å²) in [5, 5.41) is 0. The summed E-state index contributed by atoms with van der Waals surface area (Å²) < 4.78 is 5.67. The SMILES string of the molecule is CC1CCCN(C(=O)c2cc(OCc3ccccc3)ncn2)C1. The highest BCUT2D eigenvalue weighted by molar-refractivity contribution is 5.92. The molecule has 0 N–H and O–H groups in total. The molecular formula is C18H21N3O2. The number of carbonyl (C=O) groups excluding carboxylic acids is 1. The molecule has 5 nitrogen and oxygen atoms in total. The third-order valence-corrected chi connectivity index (χ3v) is 4.03. The van der Waals surface area contributed by atoms with Crippen LogP contribution < -0.4 is 4.74 Å². The minimum absolute atomic E-state index is 0.0384. The molecular weight excluding hydrogens is 290 g/mol. The fraction of sp³-hybridized carbons (Fsp3) is 0.389. The van der Waals surface area contributed by atoms with Gasteiger partial charge in [0.1, 0.15) is 18.6 Å². The van der Waals surface area contributed by atoms with Gasteiger partial charge in [-0.05, 0) is 24.3 Å². The number of likely N-dealkylation sites (tertiary alicyclic amines) is 1. The summed E-state index contributed by atoms with van der Waals surface area (Å²) in [6.45, 7) is 4.19. The van der Waals surface area contributed by atoms with E-state index in [0.29, 0.717) is 24.1 Å². The van der Waals surface area contributed by atoms with E-state index >= 15 is 0 Å². The molecule has 1 aliphatic rings. The Bertz CT molecular complexity index is 660. The van der Waals surface area contributed by atoms with Crippen LogP contribution in [-0.4, -0.2) is 33.9 Å². The highest BCUT2D eigenvalue weighted by Gasteiger charge is 2.23. The number of hydrogen-bond donors (Lipinski definition) is 0. The van der Waals surface area contributed by atoms with Gasteiger partial charge in [-0.1, -0.05) is 37.3 Å². The van der Waals surface area contributed by atoms with Crippen molar-refractivity contribution < 1.29 is 9.53 Å². The molecule has 1 amide bonds. The molecule has 1 unspecified atom stereocenters. The predicted molar refractivity (Wildman–Crippen MR) is 87.1 cm³/mol. The molecule has 0 saturated carbocycles. The Morgan fingerprint density at radius 3 is 2.91 bits per heavy atom. The Balaban J connectivity index is 1.66. The van der Waals surface area contributed by atoms with E-state index in [1.807, 2.05) is 35.2 Å². The van der Waals surface area contributed by atoms with Gasteiger partial charge in [0.25, 0.3) is 5.91 Å². The molecule has 1 aromatic carbocycles. The Labute approximate surface area is 136 Å². The van der Waals surface area contributed by atoms with Crippen molar-refractivity contribution in [3.05, 3.63) is 54.0 Å². The van der Waals surface area contributed by atoms with E-state index in [2.05, 4.69) is 16.9 Å². The van der Waals surface area contributed by atoms with Gasteiger partial charge in [-0.15, -0.1) is 0 Å². The first kappa shape index (κ1) is 15.5. The van der Waals surface area contributed by atoms with Gasteiger partial charge in [-0.3, -0.25) is 4.79 Å². The second-order valence-electron chi connectivity index (χ2n) is 6.01. The summed E-state index contributed by atoms with van der Waals surface area (Å²) in [4.78, 5) is 22.6. The zero-order valence-corrected chi connectivity index (χ0v) is 13.3. The monoisotopic (exact) mass is 311 g/mol. The number of ether oxygens (including phenoxy) is 1. The van der Waals surface area contributed by atoms with E-state index in [-0.39, 0.29) is 5.91 Å². The van der Waals surface area contributed by atoms with Gasteiger partial charge >= 0.3 is 0 Å². The van der Waals surface area contributed by atoms with Crippen LogP contribution in [0.25, 0.3) is 0 Å². The molecule has 5 heteroatoms. The van der Waals surface area contributed by atoms with Crippen molar-refractivity contribution in [3.63, 3.8) is 0 Å². The number of hydrogen-bond acceptors (Lipinski definition) is 4. The zero-order chi connectivity index (χ0) is 16.1. The van der Waals surface area contributed by atoms with Crippen molar-refractivity contribution in [1.82, 2.24) is 14.9 Å². The first-order valence-electron chi connectivity index (χ1n) is 8.00. The predicted octanol–water partition coefficient (Wildman–Crippen LogP) is 2.93. The summed E-state index contributed by atoms with van der Waals surface area (Å²) in [7, 11) is 0. The van der Waals surface area contributed by atoms with Crippen LogP contribution in [0.4, 0.5) is 0 Å². The Kier molecular flexibility index (Phi) is 4.86. The zero-order valence-electron chi connectivity index (χ0n) is 13.3. The lowest BCUT2D eigenvalue weighted by molar-refractivity contribution is 0.0676. The van der Waals surface area contributed by atoms with E-state index in [4.69, 9.17) is 4.74 Å². The van der Waals surface area contributed by atoms with Crippen molar-refractivity contribution in [2.75, 3.05) is 13.1 Å². The van der Waals surface area contributed by atoms with Crippen LogP contribution in [0.15, 0.2) is 42.7 Å². The molecule has 1 atom stereocenters. The van der Waals surface area contributed by atoms with Gasteiger partial charge in [0.2, 0.25) is 5.88 Å². The normalized spacial score (nSPS) is 17.8. The number of aromatic nitrogens is 2. The average molecular weight is 311 g/mol. The lowest BCUT2D eigenvalue weighted by Gasteiger charge is -2.30. The van der Waals surface area contributed by atoms with Gasteiger partial charge < -0.3 is 9.64 Å². The molecule has 23 heavy (non-hydrogen) atoms. The topological polar surface area (TPSA) is 55.3 Å². The number of amides is 1. The highest BCUT2D eigenvalue weighted by atomic mass is 16.5. The molecule has 1 fully saturated rings. The first-order valence-corrected chi connectivity index (χ1v) is 8.00. The van der Waals surface area contributed by atoms with Gasteiger partial charge in [-0.2, -0.15) is 0 Å². The van der Waals surface area contributed by atoms with E-state index in [9.17, 15) is 4.79 Å². The molecule has 2 aromatic rings. The second kappa shape index (κ2) is 7.22. The van der Waals surface area contributed by atoms with Crippen LogP contribution >= 0.6 is 0 Å². The molecule has 0 radical (unpaired) electrons. The Morgan fingerprint density at radius 2 is 2.13 bits per heavy atom. The molecule has 0 aliphatic carbocycles. The molecule has 0 spiro atoms. The molecule has 3 rings (SSSR count). The van der Waals surface area contributed by atoms with Crippen molar-refractivity contribution in [3.8, 4) is 5.88 Å². The number of rotatable bonds is 4. The largest absolute Gasteiger partial charge is 0.473 e. The highest BCUT2D eigenvalue weighted by Crippen LogP contribution is 2.18. The second-order valence-corrected chi connectivity index (χ2v) is 6.01. The quantitative estimate of drug-likeness (QED) is 0.871. The number of nitrogens with zero attached hydrogens (tertiary/aromatic N) is 3. The third-order valence-electron chi connectivity index (χ3n) is 4.03. The van der Waals surface area contributed by atoms with Crippen LogP contribution in [0, 0.1) is 5.92 Å². The van der Waals surface area contributed by atoms with Crippen LogP contribution in [0.1, 0.15) is 35.8 Å². The average Bonchev–Trinajstić information content (AvgIpc) is 2.60. The van der Waals surface area contributed by atoms with Gasteiger partial charge in [-0.25, -0.2) is 9.97 Å². The van der Waals surface area contributed by atoms with E-state index in [0.717, 1.165) is 25.1 Å². The summed E-state index contributed by atoms with van der Waals surface area (Å²) in [6.07, 6.45) is 3.62. The smallest absolute Gasteiger partial charge is 0.272 e. The number of piperidine rings is 1. The molecule has 1 aromatic heterocycles. The van der Waals surface area contributed by atoms with Crippen molar-refractivity contribution in [1.29, 1.82) is 0 Å². The third kappa shape index (κ3) is 4.06. The van der Waals surface area contributed by atoms with Crippen LogP contribution in [0.3, 0.4) is 0 Å². The maximum atomic E-state index is 12.6. The minimum atomic E-state index is -0.0384. The van der Waals surface area contributed by atoms with Crippen LogP contribution in [0.5, 0.6) is 5.88 Å². The summed E-state index contributed by atoms with van der Waals surface area (Å²) >= 11 is 0. The number of benzene rings is 1. The Morgan fingerprint density at radius 1 is 1.30 bits per heavy atom. The van der Waals surface area contributed by atoms with E-state index in [1.165, 1.54) is 12.7 Å². The van der Waals surface area contributed by atoms with Crippen molar-refractivity contribution >= 4 is 5.91 Å². The summed E-state index contributed by atoms with van der Waals surface area (Å²) in [5.41, 5.74) is 1.46. The lowest BCUT2D eigenvalue weighted by atomic mass is 10.00. The maximum absolute atomic E-state index is 12.6. The molecule has 0 bridgehead atoms. The fourth-order valence-corrected chi connectivity index (χ4v) is 2.80. The standard InChI is InChI=1S/C18H21N3O2/c1-14-6-5-9-21(11-14)18(22)16-10-17(20-13-19-16)23-12-15-7-3-2-4-8-15/h2-4,7-8,10,13-14H,5-6,9,11-12H2,1H3. The van der Waals surface area contributed by atoms with Crippen molar-refractivity contribution in [2.45, 2.75) is 26.4 Å². The Hall–Kier alpha value is -2.43. The first-order chi connectivity index (χ1) is 11.2. The van der Waals surface area contributed by atoms with Crippen LogP contribution in [0.2, 0.25) is 0 Å². The van der Waals surface area contributed by atoms with Crippen LogP contribution in [-0.2, 0) is 6.61 Å². The lowest BCUT2D eigenvalue weighted by Crippen LogP contribution is -2.39. The van der Waals surface area contributed by atoms with Gasteiger partial charge in [0.15, 0.2) is 0 Å². The maximum Gasteiger partial charge on any atom is 0.272 e. The summed E-state index contributed by atoms with van der Waals surface area (Å²) in [5.74, 6) is 0.934. The minimum Gasteiger partial charge on any atom is -0.473 e. The fourth-order valence-electron chi connectivity index (χ4n) is 2.80. The van der Waals surface area contributed by atoms with Gasteiger partial charge in [0, 0.05) is 19.2 Å². The summed E-state index contributed by atoms with van der Waals surface area (Å²) in [6, 6.07) is 11.5. The number of carbonyl (C=O) groups is 1. The molecule has 2 heterocycles. The van der Waals surface area contributed by atoms with Crippen molar-refractivity contribution in [2.24, 2.45) is 5.92 Å². The molecule has 120 valence electrons.